The van der Waals surface area contributed by atoms with E-state index < -0.39 is 0 Å². The monoisotopic (exact) mass is 449 g/mol. The predicted octanol–water partition coefficient (Wildman–Crippen LogP) is 5.41. The molecule has 1 amide bonds. The summed E-state index contributed by atoms with van der Waals surface area (Å²) in [5, 5.41) is 0.802. The molecule has 0 bridgehead atoms. The number of rotatable bonds is 8. The summed E-state index contributed by atoms with van der Waals surface area (Å²) in [6, 6.07) is 14.6. The molecule has 0 radical (unpaired) electrons. The largest absolute Gasteiger partial charge is 0.308 e. The average molecular weight is 450 g/mol. The number of halogens is 1. The van der Waals surface area contributed by atoms with Crippen LogP contribution in [0.25, 0.3) is 10.2 Å². The predicted molar refractivity (Wildman–Crippen MR) is 129 cm³/mol. The Hall–Kier alpha value is -1.60. The van der Waals surface area contributed by atoms with E-state index in [2.05, 4.69) is 55.1 Å². The maximum atomic E-state index is 13.0. The number of para-hydroxylation sites is 1. The van der Waals surface area contributed by atoms with Gasteiger partial charge < -0.3 is 4.90 Å². The second-order valence-corrected chi connectivity index (χ2v) is 9.36. The van der Waals surface area contributed by atoms with Crippen LogP contribution < -0.4 is 4.90 Å². The standard InChI is InChI=1S/C22H27N3OS2.ClH/c1-16-8-10-18(11-9-16)27-15-12-20(26)25(14-13-24(3)4)22-23-21-17(2)6-5-7-19(21)28-22;/h5-11H,12-15H2,1-4H3;1H. The van der Waals surface area contributed by atoms with Gasteiger partial charge in [0, 0.05) is 30.2 Å². The molecular weight excluding hydrogens is 422 g/mol. The molecule has 4 nitrogen and oxygen atoms in total. The van der Waals surface area contributed by atoms with Gasteiger partial charge >= 0.3 is 0 Å². The van der Waals surface area contributed by atoms with E-state index in [0.29, 0.717) is 13.0 Å². The minimum atomic E-state index is 0. The molecule has 0 spiro atoms. The highest BCUT2D eigenvalue weighted by molar-refractivity contribution is 7.99. The number of likely N-dealkylation sites (N-methyl/N-ethyl adjacent to an activating group) is 1. The lowest BCUT2D eigenvalue weighted by Crippen LogP contribution is -2.36. The number of fused-ring (bicyclic) bond motifs is 1. The second kappa shape index (κ2) is 11.0. The van der Waals surface area contributed by atoms with Crippen LogP contribution in [0.2, 0.25) is 0 Å². The third kappa shape index (κ3) is 6.44. The second-order valence-electron chi connectivity index (χ2n) is 7.18. The van der Waals surface area contributed by atoms with Crippen molar-refractivity contribution < 1.29 is 4.79 Å². The molecule has 0 unspecified atom stereocenters. The number of thiazole rings is 1. The van der Waals surface area contributed by atoms with Crippen LogP contribution in [0.4, 0.5) is 5.13 Å². The summed E-state index contributed by atoms with van der Waals surface area (Å²) in [6.45, 7) is 5.61. The Kier molecular flexibility index (Phi) is 8.96. The van der Waals surface area contributed by atoms with Crippen LogP contribution in [0, 0.1) is 13.8 Å². The molecule has 0 aliphatic carbocycles. The summed E-state index contributed by atoms with van der Waals surface area (Å²) in [5.41, 5.74) is 3.40. The van der Waals surface area contributed by atoms with E-state index >= 15 is 0 Å². The van der Waals surface area contributed by atoms with Gasteiger partial charge in [-0.05, 0) is 51.7 Å². The number of aromatic nitrogens is 1. The molecule has 0 saturated carbocycles. The fraction of sp³-hybridized carbons (Fsp3) is 0.364. The number of anilines is 1. The van der Waals surface area contributed by atoms with Crippen molar-refractivity contribution in [2.24, 2.45) is 0 Å². The highest BCUT2D eigenvalue weighted by Gasteiger charge is 2.20. The van der Waals surface area contributed by atoms with Crippen molar-refractivity contribution >= 4 is 56.8 Å². The van der Waals surface area contributed by atoms with Gasteiger partial charge in [0.25, 0.3) is 0 Å². The number of thioether (sulfide) groups is 1. The molecule has 0 saturated heterocycles. The first-order valence-corrected chi connectivity index (χ1v) is 11.2. The summed E-state index contributed by atoms with van der Waals surface area (Å²) < 4.78 is 1.13. The van der Waals surface area contributed by atoms with Gasteiger partial charge in [-0.2, -0.15) is 0 Å². The van der Waals surface area contributed by atoms with Crippen LogP contribution in [-0.2, 0) is 4.79 Å². The Bertz CT molecular complexity index is 941. The number of aryl methyl sites for hydroxylation is 2. The quantitative estimate of drug-likeness (QED) is 0.430. The first kappa shape index (κ1) is 23.7. The van der Waals surface area contributed by atoms with E-state index in [9.17, 15) is 4.79 Å². The maximum absolute atomic E-state index is 13.0. The van der Waals surface area contributed by atoms with Gasteiger partial charge in [0.05, 0.1) is 10.2 Å². The molecule has 1 aromatic heterocycles. The van der Waals surface area contributed by atoms with E-state index in [-0.39, 0.29) is 18.3 Å². The van der Waals surface area contributed by atoms with Crippen molar-refractivity contribution in [1.29, 1.82) is 0 Å². The van der Waals surface area contributed by atoms with Gasteiger partial charge in [-0.25, -0.2) is 4.98 Å². The molecule has 0 aliphatic heterocycles. The third-order valence-electron chi connectivity index (χ3n) is 4.52. The molecule has 2 aromatic carbocycles. The van der Waals surface area contributed by atoms with Gasteiger partial charge in [-0.15, -0.1) is 24.2 Å². The fourth-order valence-corrected chi connectivity index (χ4v) is 4.77. The van der Waals surface area contributed by atoms with E-state index in [1.807, 2.05) is 25.1 Å². The molecule has 3 rings (SSSR count). The average Bonchev–Trinajstić information content (AvgIpc) is 3.08. The Morgan fingerprint density at radius 2 is 1.79 bits per heavy atom. The van der Waals surface area contributed by atoms with Crippen molar-refractivity contribution in [3.63, 3.8) is 0 Å². The first-order valence-electron chi connectivity index (χ1n) is 9.45. The SMILES string of the molecule is Cc1ccc(SCCC(=O)N(CCN(C)C)c2nc3c(C)cccc3s2)cc1.Cl. The maximum Gasteiger partial charge on any atom is 0.229 e. The van der Waals surface area contributed by atoms with Crippen molar-refractivity contribution in [1.82, 2.24) is 9.88 Å². The number of carbonyl (C=O) groups is 1. The lowest BCUT2D eigenvalue weighted by Gasteiger charge is -2.22. The van der Waals surface area contributed by atoms with Gasteiger partial charge in [0.2, 0.25) is 5.91 Å². The summed E-state index contributed by atoms with van der Waals surface area (Å²) in [5.74, 6) is 0.905. The van der Waals surface area contributed by atoms with Crippen LogP contribution in [-0.4, -0.2) is 48.7 Å². The van der Waals surface area contributed by atoms with Crippen LogP contribution in [0.1, 0.15) is 17.5 Å². The lowest BCUT2D eigenvalue weighted by atomic mass is 10.2. The van der Waals surface area contributed by atoms with Crippen LogP contribution in [0.5, 0.6) is 0 Å². The summed E-state index contributed by atoms with van der Waals surface area (Å²) in [4.78, 5) is 23.0. The molecule has 29 heavy (non-hydrogen) atoms. The first-order chi connectivity index (χ1) is 13.4. The van der Waals surface area contributed by atoms with Crippen molar-refractivity contribution in [3.05, 3.63) is 53.6 Å². The van der Waals surface area contributed by atoms with Crippen LogP contribution in [0.3, 0.4) is 0 Å². The van der Waals surface area contributed by atoms with Crippen LogP contribution >= 0.6 is 35.5 Å². The normalized spacial score (nSPS) is 10.9. The number of amides is 1. The van der Waals surface area contributed by atoms with E-state index in [1.54, 1.807) is 23.1 Å². The van der Waals surface area contributed by atoms with E-state index in [1.165, 1.54) is 10.5 Å². The molecule has 0 fully saturated rings. The summed E-state index contributed by atoms with van der Waals surface area (Å²) in [7, 11) is 4.05. The zero-order valence-corrected chi connectivity index (χ0v) is 19.8. The fourth-order valence-electron chi connectivity index (χ4n) is 2.84. The van der Waals surface area contributed by atoms with Crippen LogP contribution in [0.15, 0.2) is 47.4 Å². The lowest BCUT2D eigenvalue weighted by molar-refractivity contribution is -0.118. The third-order valence-corrected chi connectivity index (χ3v) is 6.58. The summed E-state index contributed by atoms with van der Waals surface area (Å²) >= 11 is 3.33. The molecule has 156 valence electrons. The highest BCUT2D eigenvalue weighted by Crippen LogP contribution is 2.31. The van der Waals surface area contributed by atoms with Gasteiger partial charge in [0.1, 0.15) is 0 Å². The highest BCUT2D eigenvalue weighted by atomic mass is 35.5. The number of hydrogen-bond donors (Lipinski definition) is 0. The molecular formula is C22H28ClN3OS2. The van der Waals surface area contributed by atoms with Crippen molar-refractivity contribution in [2.45, 2.75) is 25.2 Å². The number of benzene rings is 2. The zero-order valence-electron chi connectivity index (χ0n) is 17.3. The Balaban J connectivity index is 0.00000300. The molecule has 7 heteroatoms. The van der Waals surface area contributed by atoms with E-state index in [0.717, 1.165) is 33.2 Å². The number of carbonyl (C=O) groups excluding carboxylic acids is 1. The Labute approximate surface area is 187 Å². The van der Waals surface area contributed by atoms with E-state index in [4.69, 9.17) is 4.98 Å². The molecule has 0 N–H and O–H groups in total. The Morgan fingerprint density at radius 1 is 1.07 bits per heavy atom. The number of hydrogen-bond acceptors (Lipinski definition) is 5. The van der Waals surface area contributed by atoms with Gasteiger partial charge in [-0.3, -0.25) is 9.69 Å². The minimum Gasteiger partial charge on any atom is -0.308 e. The zero-order chi connectivity index (χ0) is 20.1. The minimum absolute atomic E-state index is 0. The topological polar surface area (TPSA) is 36.4 Å². The molecule has 1 heterocycles. The number of nitrogens with zero attached hydrogens (tertiary/aromatic N) is 3. The molecule has 0 aliphatic rings. The Morgan fingerprint density at radius 3 is 2.45 bits per heavy atom. The summed E-state index contributed by atoms with van der Waals surface area (Å²) in [6.07, 6.45) is 0.501. The smallest absolute Gasteiger partial charge is 0.229 e. The van der Waals surface area contributed by atoms with Crippen molar-refractivity contribution in [3.8, 4) is 0 Å². The molecule has 0 atom stereocenters. The van der Waals surface area contributed by atoms with Crippen molar-refractivity contribution in [2.75, 3.05) is 37.8 Å². The van der Waals surface area contributed by atoms with Gasteiger partial charge in [0.15, 0.2) is 5.13 Å². The van der Waals surface area contributed by atoms with Gasteiger partial charge in [-0.1, -0.05) is 41.2 Å². The molecule has 3 aromatic rings.